The van der Waals surface area contributed by atoms with Crippen molar-refractivity contribution < 1.29 is 14.7 Å². The molecule has 0 aromatic heterocycles. The van der Waals surface area contributed by atoms with E-state index >= 15 is 0 Å². The molecule has 5 heteroatoms. The molecule has 0 radical (unpaired) electrons. The highest BCUT2D eigenvalue weighted by Crippen LogP contribution is 2.25. The molecular weight excluding hydrogens is 232 g/mol. The largest absolute Gasteiger partial charge is 0.481 e. The Balaban J connectivity index is 2.51. The van der Waals surface area contributed by atoms with Gasteiger partial charge in [-0.3, -0.25) is 9.59 Å². The number of carboxylic acids is 1. The van der Waals surface area contributed by atoms with Crippen LogP contribution in [0.25, 0.3) is 0 Å². The highest BCUT2D eigenvalue weighted by molar-refractivity contribution is 5.83. The topological polar surface area (TPSA) is 78.4 Å². The van der Waals surface area contributed by atoms with Gasteiger partial charge in [-0.2, -0.15) is 0 Å². The number of nitrogens with one attached hydrogen (secondary N) is 2. The van der Waals surface area contributed by atoms with E-state index in [9.17, 15) is 9.59 Å². The maximum absolute atomic E-state index is 12.1. The van der Waals surface area contributed by atoms with E-state index in [2.05, 4.69) is 10.6 Å². The van der Waals surface area contributed by atoms with Gasteiger partial charge in [0.15, 0.2) is 0 Å². The fourth-order valence-electron chi connectivity index (χ4n) is 2.27. The molecule has 1 aliphatic heterocycles. The van der Waals surface area contributed by atoms with E-state index < -0.39 is 17.3 Å². The first-order chi connectivity index (χ1) is 8.37. The summed E-state index contributed by atoms with van der Waals surface area (Å²) >= 11 is 0. The molecule has 0 bridgehead atoms. The minimum Gasteiger partial charge on any atom is -0.481 e. The Morgan fingerprint density at radius 3 is 2.56 bits per heavy atom. The van der Waals surface area contributed by atoms with Gasteiger partial charge in [0.25, 0.3) is 0 Å². The van der Waals surface area contributed by atoms with E-state index in [1.807, 2.05) is 20.8 Å². The summed E-state index contributed by atoms with van der Waals surface area (Å²) in [5.41, 5.74) is -0.404. The van der Waals surface area contributed by atoms with Gasteiger partial charge in [0, 0.05) is 13.1 Å². The lowest BCUT2D eigenvalue weighted by atomic mass is 9.81. The Morgan fingerprint density at radius 1 is 1.44 bits per heavy atom. The number of piperidine rings is 1. The number of rotatable bonds is 5. The van der Waals surface area contributed by atoms with Crippen LogP contribution in [0, 0.1) is 17.3 Å². The molecule has 1 aliphatic rings. The van der Waals surface area contributed by atoms with E-state index in [0.29, 0.717) is 6.54 Å². The predicted molar refractivity (Wildman–Crippen MR) is 69.2 cm³/mol. The Kier molecular flexibility index (Phi) is 5.14. The molecule has 0 saturated carbocycles. The average Bonchev–Trinajstić information content (AvgIpc) is 2.29. The zero-order valence-corrected chi connectivity index (χ0v) is 11.5. The van der Waals surface area contributed by atoms with Crippen molar-refractivity contribution in [1.82, 2.24) is 10.6 Å². The average molecular weight is 256 g/mol. The molecule has 5 nitrogen and oxygen atoms in total. The molecule has 0 aromatic carbocycles. The van der Waals surface area contributed by atoms with Crippen LogP contribution in [-0.2, 0) is 9.59 Å². The number of amides is 1. The summed E-state index contributed by atoms with van der Waals surface area (Å²) in [6.07, 6.45) is 1.84. The Labute approximate surface area is 108 Å². The van der Waals surface area contributed by atoms with Gasteiger partial charge in [-0.05, 0) is 32.2 Å². The summed E-state index contributed by atoms with van der Waals surface area (Å²) in [5.74, 6) is -1.40. The number of carbonyl (C=O) groups is 2. The molecule has 1 amide bonds. The van der Waals surface area contributed by atoms with Gasteiger partial charge in [0.1, 0.15) is 0 Å². The van der Waals surface area contributed by atoms with Gasteiger partial charge in [-0.25, -0.2) is 0 Å². The van der Waals surface area contributed by atoms with Crippen molar-refractivity contribution in [3.05, 3.63) is 0 Å². The van der Waals surface area contributed by atoms with Gasteiger partial charge in [-0.1, -0.05) is 13.8 Å². The Bertz CT molecular complexity index is 309. The quantitative estimate of drug-likeness (QED) is 0.681. The van der Waals surface area contributed by atoms with Gasteiger partial charge in [0.2, 0.25) is 5.91 Å². The monoisotopic (exact) mass is 256 g/mol. The molecule has 2 atom stereocenters. The summed E-state index contributed by atoms with van der Waals surface area (Å²) in [6, 6.07) is 0. The predicted octanol–water partition coefficient (Wildman–Crippen LogP) is 0.849. The van der Waals surface area contributed by atoms with E-state index in [-0.39, 0.29) is 18.4 Å². The standard InChI is InChI=1S/C13H24N2O3/c1-9(2)10(11(16)17)7-15-12(18)13(3)5-4-6-14-8-13/h9-10,14H,4-8H2,1-3H3,(H,15,18)(H,16,17). The number of carbonyl (C=O) groups excluding carboxylic acids is 1. The van der Waals surface area contributed by atoms with Gasteiger partial charge < -0.3 is 15.7 Å². The van der Waals surface area contributed by atoms with Crippen LogP contribution in [0.1, 0.15) is 33.6 Å². The third kappa shape index (κ3) is 3.70. The smallest absolute Gasteiger partial charge is 0.308 e. The molecule has 1 heterocycles. The first-order valence-corrected chi connectivity index (χ1v) is 6.58. The number of aliphatic carboxylic acids is 1. The van der Waals surface area contributed by atoms with Crippen molar-refractivity contribution in [3.63, 3.8) is 0 Å². The van der Waals surface area contributed by atoms with Crippen LogP contribution in [0.15, 0.2) is 0 Å². The normalized spacial score (nSPS) is 25.8. The summed E-state index contributed by atoms with van der Waals surface area (Å²) in [6.45, 7) is 7.47. The first-order valence-electron chi connectivity index (χ1n) is 6.58. The summed E-state index contributed by atoms with van der Waals surface area (Å²) in [7, 11) is 0. The second kappa shape index (κ2) is 6.18. The van der Waals surface area contributed by atoms with Crippen molar-refractivity contribution in [1.29, 1.82) is 0 Å². The second-order valence-corrected chi connectivity index (χ2v) is 5.74. The third-order valence-corrected chi connectivity index (χ3v) is 3.75. The maximum Gasteiger partial charge on any atom is 0.308 e. The van der Waals surface area contributed by atoms with Crippen molar-refractivity contribution in [2.75, 3.05) is 19.6 Å². The van der Waals surface area contributed by atoms with Crippen LogP contribution in [0.2, 0.25) is 0 Å². The van der Waals surface area contributed by atoms with E-state index in [1.54, 1.807) is 0 Å². The lowest BCUT2D eigenvalue weighted by Crippen LogP contribution is -2.50. The van der Waals surface area contributed by atoms with Crippen molar-refractivity contribution in [2.24, 2.45) is 17.3 Å². The van der Waals surface area contributed by atoms with Gasteiger partial charge in [-0.15, -0.1) is 0 Å². The molecule has 1 rings (SSSR count). The molecule has 0 aliphatic carbocycles. The molecule has 0 spiro atoms. The van der Waals surface area contributed by atoms with Crippen LogP contribution in [0.4, 0.5) is 0 Å². The molecule has 0 aromatic rings. The summed E-state index contributed by atoms with van der Waals surface area (Å²) < 4.78 is 0. The van der Waals surface area contributed by atoms with E-state index in [0.717, 1.165) is 19.4 Å². The van der Waals surface area contributed by atoms with Crippen LogP contribution < -0.4 is 10.6 Å². The SMILES string of the molecule is CC(C)C(CNC(=O)C1(C)CCCNC1)C(=O)O. The lowest BCUT2D eigenvalue weighted by Gasteiger charge is -2.33. The van der Waals surface area contributed by atoms with Gasteiger partial charge in [0.05, 0.1) is 11.3 Å². The molecule has 1 saturated heterocycles. The Hall–Kier alpha value is -1.10. The third-order valence-electron chi connectivity index (χ3n) is 3.75. The molecule has 104 valence electrons. The van der Waals surface area contributed by atoms with E-state index in [1.165, 1.54) is 0 Å². The number of hydrogen-bond donors (Lipinski definition) is 3. The maximum atomic E-state index is 12.1. The minimum absolute atomic E-state index is 0.0140. The summed E-state index contributed by atoms with van der Waals surface area (Å²) in [5, 5.41) is 15.1. The van der Waals surface area contributed by atoms with E-state index in [4.69, 9.17) is 5.11 Å². The molecule has 3 N–H and O–H groups in total. The number of hydrogen-bond acceptors (Lipinski definition) is 3. The van der Waals surface area contributed by atoms with Crippen LogP contribution in [0.3, 0.4) is 0 Å². The van der Waals surface area contributed by atoms with Crippen LogP contribution in [-0.4, -0.2) is 36.6 Å². The van der Waals surface area contributed by atoms with Crippen LogP contribution in [0.5, 0.6) is 0 Å². The van der Waals surface area contributed by atoms with Crippen LogP contribution >= 0.6 is 0 Å². The van der Waals surface area contributed by atoms with Gasteiger partial charge >= 0.3 is 5.97 Å². The lowest BCUT2D eigenvalue weighted by molar-refractivity contribution is -0.143. The molecule has 1 fully saturated rings. The molecular formula is C13H24N2O3. The number of carboxylic acid groups (broad SMARTS) is 1. The fraction of sp³-hybridized carbons (Fsp3) is 0.846. The summed E-state index contributed by atoms with van der Waals surface area (Å²) in [4.78, 5) is 23.2. The molecule has 2 unspecified atom stereocenters. The second-order valence-electron chi connectivity index (χ2n) is 5.74. The Morgan fingerprint density at radius 2 is 2.11 bits per heavy atom. The molecule has 18 heavy (non-hydrogen) atoms. The zero-order chi connectivity index (χ0) is 13.8. The first kappa shape index (κ1) is 15.0. The fourth-order valence-corrected chi connectivity index (χ4v) is 2.27. The van der Waals surface area contributed by atoms with Crippen molar-refractivity contribution in [2.45, 2.75) is 33.6 Å². The van der Waals surface area contributed by atoms with Crippen molar-refractivity contribution in [3.8, 4) is 0 Å². The van der Waals surface area contributed by atoms with Crippen molar-refractivity contribution >= 4 is 11.9 Å². The zero-order valence-electron chi connectivity index (χ0n) is 11.5. The minimum atomic E-state index is -0.850. The highest BCUT2D eigenvalue weighted by Gasteiger charge is 2.35. The highest BCUT2D eigenvalue weighted by atomic mass is 16.4.